The van der Waals surface area contributed by atoms with Crippen LogP contribution >= 0.6 is 15.9 Å². The summed E-state index contributed by atoms with van der Waals surface area (Å²) in [7, 11) is 0. The third-order valence-corrected chi connectivity index (χ3v) is 1.97. The van der Waals surface area contributed by atoms with Crippen LogP contribution in [0.1, 0.15) is 24.2 Å². The molecular formula is C9H10BrNO3. The fourth-order valence-electron chi connectivity index (χ4n) is 0.743. The molecule has 0 unspecified atom stereocenters. The molecule has 1 aromatic carbocycles. The molecule has 0 amide bonds. The van der Waals surface area contributed by atoms with E-state index in [4.69, 9.17) is 0 Å². The Hall–Kier alpha value is -1.23. The summed E-state index contributed by atoms with van der Waals surface area (Å²) in [6.07, 6.45) is 0.569. The van der Waals surface area contributed by atoms with Crippen molar-refractivity contribution in [3.63, 3.8) is 0 Å². The van der Waals surface area contributed by atoms with E-state index < -0.39 is 4.92 Å². The maximum atomic E-state index is 10.3. The Balaban J connectivity index is 0.000000791. The van der Waals surface area contributed by atoms with Crippen LogP contribution in [0.15, 0.2) is 22.7 Å². The predicted octanol–water partition coefficient (Wildman–Crippen LogP) is 3.20. The fraction of sp³-hybridized carbons (Fsp3) is 0.222. The Morgan fingerprint density at radius 2 is 2.00 bits per heavy atom. The lowest BCUT2D eigenvalue weighted by molar-refractivity contribution is -0.385. The topological polar surface area (TPSA) is 60.2 Å². The smallest absolute Gasteiger partial charge is 0.284 e. The van der Waals surface area contributed by atoms with Gasteiger partial charge in [-0.15, -0.1) is 0 Å². The van der Waals surface area contributed by atoms with Gasteiger partial charge in [0.2, 0.25) is 0 Å². The van der Waals surface area contributed by atoms with E-state index in [0.717, 1.165) is 0 Å². The largest absolute Gasteiger partial charge is 0.298 e. The second-order valence-corrected chi connectivity index (χ2v) is 2.94. The van der Waals surface area contributed by atoms with E-state index in [0.29, 0.717) is 16.3 Å². The van der Waals surface area contributed by atoms with Gasteiger partial charge in [0.15, 0.2) is 0 Å². The maximum Gasteiger partial charge on any atom is 0.284 e. The summed E-state index contributed by atoms with van der Waals surface area (Å²) in [6.45, 7) is 4.00. The molecule has 0 aliphatic heterocycles. The number of aldehydes is 1. The lowest BCUT2D eigenvalue weighted by Crippen LogP contribution is -1.90. The molecule has 1 aromatic rings. The van der Waals surface area contributed by atoms with Gasteiger partial charge in [0.1, 0.15) is 6.29 Å². The number of benzene rings is 1. The van der Waals surface area contributed by atoms with Crippen molar-refractivity contribution in [2.24, 2.45) is 0 Å². The predicted molar refractivity (Wildman–Crippen MR) is 57.5 cm³/mol. The molecule has 76 valence electrons. The monoisotopic (exact) mass is 259 g/mol. The molecule has 14 heavy (non-hydrogen) atoms. The zero-order valence-electron chi connectivity index (χ0n) is 7.86. The summed E-state index contributed by atoms with van der Waals surface area (Å²) in [5.74, 6) is 0. The van der Waals surface area contributed by atoms with Gasteiger partial charge in [-0.3, -0.25) is 14.9 Å². The highest BCUT2D eigenvalue weighted by molar-refractivity contribution is 9.10. The molecule has 0 aliphatic carbocycles. The molecule has 0 saturated heterocycles. The van der Waals surface area contributed by atoms with Gasteiger partial charge in [-0.25, -0.2) is 0 Å². The number of carbonyl (C=O) groups is 1. The van der Waals surface area contributed by atoms with E-state index in [1.54, 1.807) is 0 Å². The van der Waals surface area contributed by atoms with Crippen LogP contribution in [0.2, 0.25) is 0 Å². The van der Waals surface area contributed by atoms with Crippen molar-refractivity contribution >= 4 is 27.9 Å². The van der Waals surface area contributed by atoms with Crippen molar-refractivity contribution in [2.45, 2.75) is 13.8 Å². The third-order valence-electron chi connectivity index (χ3n) is 1.30. The molecule has 0 fully saturated rings. The fourth-order valence-corrected chi connectivity index (χ4v) is 1.13. The second-order valence-electron chi connectivity index (χ2n) is 2.09. The van der Waals surface area contributed by atoms with Crippen molar-refractivity contribution in [3.8, 4) is 0 Å². The lowest BCUT2D eigenvalue weighted by Gasteiger charge is -1.94. The summed E-state index contributed by atoms with van der Waals surface area (Å²) >= 11 is 3.00. The van der Waals surface area contributed by atoms with E-state index in [1.165, 1.54) is 18.2 Å². The summed E-state index contributed by atoms with van der Waals surface area (Å²) in [5, 5.41) is 10.3. The van der Waals surface area contributed by atoms with Crippen LogP contribution in [0.4, 0.5) is 5.69 Å². The van der Waals surface area contributed by atoms with Crippen molar-refractivity contribution in [3.05, 3.63) is 38.3 Å². The molecule has 0 N–H and O–H groups in total. The van der Waals surface area contributed by atoms with E-state index in [-0.39, 0.29) is 5.69 Å². The molecule has 0 radical (unpaired) electrons. The molecule has 0 aromatic heterocycles. The van der Waals surface area contributed by atoms with Crippen LogP contribution in [0.3, 0.4) is 0 Å². The normalized spacial score (nSPS) is 8.50. The number of hydrogen-bond donors (Lipinski definition) is 0. The highest BCUT2D eigenvalue weighted by Gasteiger charge is 2.11. The minimum Gasteiger partial charge on any atom is -0.298 e. The quantitative estimate of drug-likeness (QED) is 0.466. The van der Waals surface area contributed by atoms with Gasteiger partial charge in [0.25, 0.3) is 5.69 Å². The highest BCUT2D eigenvalue weighted by Crippen LogP contribution is 2.24. The summed E-state index contributed by atoms with van der Waals surface area (Å²) < 4.78 is 0.373. The molecule has 0 atom stereocenters. The highest BCUT2D eigenvalue weighted by atomic mass is 79.9. The molecule has 1 rings (SSSR count). The average molecular weight is 260 g/mol. The maximum absolute atomic E-state index is 10.3. The number of nitro groups is 1. The van der Waals surface area contributed by atoms with Crippen LogP contribution in [0.25, 0.3) is 0 Å². The molecule has 0 bridgehead atoms. The van der Waals surface area contributed by atoms with Crippen molar-refractivity contribution in [2.75, 3.05) is 0 Å². The Labute approximate surface area is 90.2 Å². The van der Waals surface area contributed by atoms with Crippen molar-refractivity contribution in [1.29, 1.82) is 0 Å². The zero-order chi connectivity index (χ0) is 11.1. The molecule has 0 heterocycles. The number of nitrogens with zero attached hydrogens (tertiary/aromatic N) is 1. The first kappa shape index (κ1) is 12.8. The molecule has 0 saturated carbocycles. The van der Waals surface area contributed by atoms with Crippen LogP contribution in [-0.4, -0.2) is 11.2 Å². The Bertz CT molecular complexity index is 339. The van der Waals surface area contributed by atoms with Crippen LogP contribution in [0, 0.1) is 10.1 Å². The third kappa shape index (κ3) is 3.26. The van der Waals surface area contributed by atoms with E-state index in [9.17, 15) is 14.9 Å². The van der Waals surface area contributed by atoms with Gasteiger partial charge in [0, 0.05) is 11.6 Å². The molecular weight excluding hydrogens is 250 g/mol. The molecule has 0 spiro atoms. The average Bonchev–Trinajstić information content (AvgIpc) is 2.21. The summed E-state index contributed by atoms with van der Waals surface area (Å²) in [4.78, 5) is 20.1. The Morgan fingerprint density at radius 3 is 2.43 bits per heavy atom. The minimum atomic E-state index is -0.545. The van der Waals surface area contributed by atoms with E-state index in [2.05, 4.69) is 15.9 Å². The number of halogens is 1. The minimum absolute atomic E-state index is 0.0976. The van der Waals surface area contributed by atoms with E-state index >= 15 is 0 Å². The van der Waals surface area contributed by atoms with Crippen LogP contribution in [-0.2, 0) is 0 Å². The first-order valence-corrected chi connectivity index (χ1v) is 4.83. The first-order chi connectivity index (χ1) is 6.65. The van der Waals surface area contributed by atoms with Crippen molar-refractivity contribution in [1.82, 2.24) is 0 Å². The standard InChI is InChI=1S/C7H4BrNO3.C2H6/c8-6-2-1-5(4-10)3-7(6)9(11)12;1-2/h1-4H;1-2H3. The molecule has 5 heteroatoms. The summed E-state index contributed by atoms with van der Waals surface area (Å²) in [5.41, 5.74) is 0.199. The molecule has 4 nitrogen and oxygen atoms in total. The number of nitro benzene ring substituents is 1. The number of carbonyl (C=O) groups excluding carboxylic acids is 1. The zero-order valence-corrected chi connectivity index (χ0v) is 9.45. The van der Waals surface area contributed by atoms with Gasteiger partial charge in [0.05, 0.1) is 9.40 Å². The number of rotatable bonds is 2. The lowest BCUT2D eigenvalue weighted by atomic mass is 10.2. The van der Waals surface area contributed by atoms with E-state index in [1.807, 2.05) is 13.8 Å². The van der Waals surface area contributed by atoms with Gasteiger partial charge < -0.3 is 0 Å². The Kier molecular flexibility index (Phi) is 5.71. The first-order valence-electron chi connectivity index (χ1n) is 4.04. The SMILES string of the molecule is CC.O=Cc1ccc(Br)c([N+](=O)[O-])c1. The van der Waals surface area contributed by atoms with Crippen LogP contribution in [0.5, 0.6) is 0 Å². The second kappa shape index (κ2) is 6.26. The van der Waals surface area contributed by atoms with Gasteiger partial charge in [-0.2, -0.15) is 0 Å². The van der Waals surface area contributed by atoms with Gasteiger partial charge in [-0.1, -0.05) is 19.9 Å². The van der Waals surface area contributed by atoms with Gasteiger partial charge >= 0.3 is 0 Å². The van der Waals surface area contributed by atoms with Crippen LogP contribution < -0.4 is 0 Å². The van der Waals surface area contributed by atoms with Crippen molar-refractivity contribution < 1.29 is 9.72 Å². The number of hydrogen-bond acceptors (Lipinski definition) is 3. The molecule has 0 aliphatic rings. The summed E-state index contributed by atoms with van der Waals surface area (Å²) in [6, 6.07) is 4.20. The Morgan fingerprint density at radius 1 is 1.43 bits per heavy atom. The van der Waals surface area contributed by atoms with Gasteiger partial charge in [-0.05, 0) is 22.0 Å².